The van der Waals surface area contributed by atoms with Crippen molar-refractivity contribution in [3.63, 3.8) is 0 Å². The minimum atomic E-state index is 0.0440. The Morgan fingerprint density at radius 2 is 1.90 bits per heavy atom. The Bertz CT molecular complexity index is 869. The van der Waals surface area contributed by atoms with Crippen LogP contribution in [0.15, 0.2) is 18.2 Å². The first kappa shape index (κ1) is 21.7. The van der Waals surface area contributed by atoms with Crippen molar-refractivity contribution in [2.45, 2.75) is 70.1 Å². The van der Waals surface area contributed by atoms with Crippen LogP contribution in [0.1, 0.15) is 92.1 Å². The van der Waals surface area contributed by atoms with Gasteiger partial charge < -0.3 is 14.4 Å². The average Bonchev–Trinajstić information content (AvgIpc) is 3.55. The topological polar surface area (TPSA) is 80.3 Å². The van der Waals surface area contributed by atoms with E-state index in [0.29, 0.717) is 35.5 Å². The second kappa shape index (κ2) is 10.2. The maximum absolute atomic E-state index is 13.1. The Balaban J connectivity index is 1.31. The van der Waals surface area contributed by atoms with Gasteiger partial charge in [-0.15, -0.1) is 0 Å². The Kier molecular flexibility index (Phi) is 7.10. The van der Waals surface area contributed by atoms with Crippen molar-refractivity contribution in [2.24, 2.45) is 0 Å². The summed E-state index contributed by atoms with van der Waals surface area (Å²) in [6.07, 6.45) is 8.84. The molecule has 1 aliphatic heterocycles. The molecule has 1 aliphatic carbocycles. The zero-order valence-corrected chi connectivity index (χ0v) is 18.7. The van der Waals surface area contributed by atoms with E-state index in [4.69, 9.17) is 14.5 Å². The fourth-order valence-corrected chi connectivity index (χ4v) is 4.16. The highest BCUT2D eigenvalue weighted by Gasteiger charge is 2.31. The van der Waals surface area contributed by atoms with Crippen LogP contribution in [0.5, 0.6) is 11.5 Å². The highest BCUT2D eigenvalue weighted by Crippen LogP contribution is 2.38. The summed E-state index contributed by atoms with van der Waals surface area (Å²) in [7, 11) is 1.62. The second-order valence-corrected chi connectivity index (χ2v) is 8.69. The number of hydrogen-bond acceptors (Lipinski definition) is 5. The summed E-state index contributed by atoms with van der Waals surface area (Å²) >= 11 is 0. The van der Waals surface area contributed by atoms with E-state index in [1.165, 1.54) is 32.1 Å². The van der Waals surface area contributed by atoms with Crippen molar-refractivity contribution in [3.8, 4) is 11.5 Å². The van der Waals surface area contributed by atoms with Gasteiger partial charge in [0.1, 0.15) is 5.82 Å². The summed E-state index contributed by atoms with van der Waals surface area (Å²) in [5.74, 6) is 4.22. The van der Waals surface area contributed by atoms with Crippen LogP contribution in [0.25, 0.3) is 0 Å². The van der Waals surface area contributed by atoms with E-state index in [0.717, 1.165) is 44.0 Å². The number of unbranched alkanes of at least 4 members (excludes halogenated alkanes) is 3. The van der Waals surface area contributed by atoms with E-state index in [1.807, 2.05) is 17.0 Å². The molecule has 1 saturated heterocycles. The summed E-state index contributed by atoms with van der Waals surface area (Å²) in [6.45, 7) is 4.31. The third-order valence-corrected chi connectivity index (χ3v) is 6.30. The van der Waals surface area contributed by atoms with E-state index in [9.17, 15) is 4.79 Å². The molecule has 2 aromatic rings. The van der Waals surface area contributed by atoms with Crippen LogP contribution in [0.4, 0.5) is 0 Å². The fourth-order valence-electron chi connectivity index (χ4n) is 4.16. The van der Waals surface area contributed by atoms with Gasteiger partial charge in [-0.3, -0.25) is 9.89 Å². The number of rotatable bonds is 10. The largest absolute Gasteiger partial charge is 0.493 e. The van der Waals surface area contributed by atoms with E-state index >= 15 is 0 Å². The Morgan fingerprint density at radius 3 is 2.61 bits per heavy atom. The molecule has 1 saturated carbocycles. The molecule has 2 heterocycles. The highest BCUT2D eigenvalue weighted by atomic mass is 16.5. The molecule has 0 atom stereocenters. The zero-order chi connectivity index (χ0) is 21.6. The Hall–Kier alpha value is -2.57. The van der Waals surface area contributed by atoms with E-state index < -0.39 is 0 Å². The molecule has 31 heavy (non-hydrogen) atoms. The molecule has 2 aliphatic rings. The Labute approximate surface area is 184 Å². The van der Waals surface area contributed by atoms with E-state index in [1.54, 1.807) is 13.2 Å². The standard InChI is InChI=1S/C24H34N4O3/c1-3-4-5-6-15-31-20-10-9-19(16-21(20)30-2)24(29)28-13-11-18(12-14-28)23-25-22(26-27-23)17-7-8-17/h9-10,16-18H,3-8,11-15H2,1-2H3,(H,25,26,27). The molecule has 7 nitrogen and oxygen atoms in total. The molecular weight excluding hydrogens is 392 g/mol. The molecule has 1 N–H and O–H groups in total. The normalized spacial score (nSPS) is 17.0. The van der Waals surface area contributed by atoms with Crippen molar-refractivity contribution in [1.29, 1.82) is 0 Å². The molecule has 168 valence electrons. The number of likely N-dealkylation sites (tertiary alicyclic amines) is 1. The summed E-state index contributed by atoms with van der Waals surface area (Å²) in [6, 6.07) is 5.50. The van der Waals surface area contributed by atoms with Crippen LogP contribution in [0, 0.1) is 0 Å². The number of nitrogens with zero attached hydrogens (tertiary/aromatic N) is 3. The molecule has 1 aromatic heterocycles. The molecule has 7 heteroatoms. The van der Waals surface area contributed by atoms with E-state index in [2.05, 4.69) is 17.1 Å². The van der Waals surface area contributed by atoms with Gasteiger partial charge in [-0.05, 0) is 50.3 Å². The second-order valence-electron chi connectivity index (χ2n) is 8.69. The molecule has 2 fully saturated rings. The first-order chi connectivity index (χ1) is 15.2. The third-order valence-electron chi connectivity index (χ3n) is 6.30. The number of carbonyl (C=O) groups is 1. The molecule has 1 amide bonds. The number of nitrogens with one attached hydrogen (secondary N) is 1. The first-order valence-electron chi connectivity index (χ1n) is 11.7. The average molecular weight is 427 g/mol. The van der Waals surface area contributed by atoms with Crippen LogP contribution in [-0.4, -0.2) is 52.8 Å². The fraction of sp³-hybridized carbons (Fsp3) is 0.625. The van der Waals surface area contributed by atoms with Crippen LogP contribution in [0.3, 0.4) is 0 Å². The van der Waals surface area contributed by atoms with Gasteiger partial charge in [0, 0.05) is 30.5 Å². The number of piperidine rings is 1. The Morgan fingerprint density at radius 1 is 1.10 bits per heavy atom. The van der Waals surface area contributed by atoms with Gasteiger partial charge in [-0.2, -0.15) is 5.10 Å². The monoisotopic (exact) mass is 426 g/mol. The lowest BCUT2D eigenvalue weighted by Gasteiger charge is -2.31. The summed E-state index contributed by atoms with van der Waals surface area (Å²) in [5.41, 5.74) is 0.643. The number of carbonyl (C=O) groups excluding carboxylic acids is 1. The molecule has 1 aromatic carbocycles. The predicted octanol–water partition coefficient (Wildman–Crippen LogP) is 4.67. The number of aromatic nitrogens is 3. The number of H-pyrrole nitrogens is 1. The maximum Gasteiger partial charge on any atom is 0.253 e. The molecule has 0 unspecified atom stereocenters. The minimum Gasteiger partial charge on any atom is -0.493 e. The quantitative estimate of drug-likeness (QED) is 0.559. The van der Waals surface area contributed by atoms with Crippen LogP contribution < -0.4 is 9.47 Å². The summed E-state index contributed by atoms with van der Waals surface area (Å²) in [5, 5.41) is 7.50. The van der Waals surface area contributed by atoms with Crippen LogP contribution in [0.2, 0.25) is 0 Å². The summed E-state index contributed by atoms with van der Waals surface area (Å²) in [4.78, 5) is 19.7. The maximum atomic E-state index is 13.1. The first-order valence-corrected chi connectivity index (χ1v) is 11.7. The van der Waals surface area contributed by atoms with Gasteiger partial charge in [0.2, 0.25) is 0 Å². The van der Waals surface area contributed by atoms with Gasteiger partial charge >= 0.3 is 0 Å². The molecule has 0 bridgehead atoms. The zero-order valence-electron chi connectivity index (χ0n) is 18.7. The third kappa shape index (κ3) is 5.38. The van der Waals surface area contributed by atoms with Crippen molar-refractivity contribution < 1.29 is 14.3 Å². The van der Waals surface area contributed by atoms with Gasteiger partial charge in [0.15, 0.2) is 17.3 Å². The lowest BCUT2D eigenvalue weighted by atomic mass is 9.95. The number of benzene rings is 1. The number of amides is 1. The SMILES string of the molecule is CCCCCCOc1ccc(C(=O)N2CCC(c3nc(C4CC4)n[nH]3)CC2)cc1OC. The lowest BCUT2D eigenvalue weighted by Crippen LogP contribution is -2.38. The number of methoxy groups -OCH3 is 1. The van der Waals surface area contributed by atoms with Gasteiger partial charge in [0.25, 0.3) is 5.91 Å². The molecule has 0 spiro atoms. The van der Waals surface area contributed by atoms with Gasteiger partial charge in [0.05, 0.1) is 13.7 Å². The van der Waals surface area contributed by atoms with Crippen molar-refractivity contribution in [1.82, 2.24) is 20.1 Å². The van der Waals surface area contributed by atoms with Gasteiger partial charge in [-0.25, -0.2) is 4.98 Å². The number of ether oxygens (including phenoxy) is 2. The summed E-state index contributed by atoms with van der Waals surface area (Å²) < 4.78 is 11.4. The van der Waals surface area contributed by atoms with Crippen molar-refractivity contribution >= 4 is 5.91 Å². The van der Waals surface area contributed by atoms with Crippen molar-refractivity contribution in [3.05, 3.63) is 35.4 Å². The molecular formula is C24H34N4O3. The number of aromatic amines is 1. The van der Waals surface area contributed by atoms with Gasteiger partial charge in [-0.1, -0.05) is 26.2 Å². The lowest BCUT2D eigenvalue weighted by molar-refractivity contribution is 0.0710. The smallest absolute Gasteiger partial charge is 0.253 e. The molecule has 0 radical (unpaired) electrons. The minimum absolute atomic E-state index is 0.0440. The highest BCUT2D eigenvalue weighted by molar-refractivity contribution is 5.95. The van der Waals surface area contributed by atoms with Crippen LogP contribution >= 0.6 is 0 Å². The van der Waals surface area contributed by atoms with Crippen LogP contribution in [-0.2, 0) is 0 Å². The number of hydrogen-bond donors (Lipinski definition) is 1. The van der Waals surface area contributed by atoms with Crippen molar-refractivity contribution in [2.75, 3.05) is 26.8 Å². The molecule has 4 rings (SSSR count). The van der Waals surface area contributed by atoms with E-state index in [-0.39, 0.29) is 5.91 Å². The predicted molar refractivity (Wildman–Crippen MR) is 119 cm³/mol.